The zero-order chi connectivity index (χ0) is 12.9. The zero-order valence-corrected chi connectivity index (χ0v) is 10.4. The summed E-state index contributed by atoms with van der Waals surface area (Å²) in [7, 11) is 1.50. The minimum atomic E-state index is -3.50. The Hall–Kier alpha value is -0.880. The summed E-state index contributed by atoms with van der Waals surface area (Å²) in [5.41, 5.74) is 0. The summed E-state index contributed by atoms with van der Waals surface area (Å²) in [4.78, 5) is 0. The third-order valence-electron chi connectivity index (χ3n) is 1.93. The van der Waals surface area contributed by atoms with Gasteiger partial charge in [0, 0.05) is 16.7 Å². The van der Waals surface area contributed by atoms with Gasteiger partial charge in [-0.3, -0.25) is 0 Å². The highest BCUT2D eigenvalue weighted by atomic mass is 35.7. The van der Waals surface area contributed by atoms with Crippen LogP contribution < -0.4 is 4.74 Å². The Balaban J connectivity index is 2.34. The van der Waals surface area contributed by atoms with Gasteiger partial charge in [-0.1, -0.05) is 0 Å². The lowest BCUT2D eigenvalue weighted by atomic mass is 10.3. The molecule has 0 heterocycles. The molecule has 0 N–H and O–H groups in total. The Bertz CT molecular complexity index is 476. The molecular formula is C10H11ClF2O3S. The summed E-state index contributed by atoms with van der Waals surface area (Å²) in [6, 6.07) is 2.89. The standard InChI is InChI=1S/C10H11ClF2O3S/c11-17(14,15)6-2-1-5-16-10-7-8(12)3-4-9(10)13/h3-4,7H,1-2,5-6H2. The number of unbranched alkanes of at least 4 members (excludes halogenated alkanes) is 1. The van der Waals surface area contributed by atoms with Crippen LogP contribution in [0.4, 0.5) is 8.78 Å². The van der Waals surface area contributed by atoms with E-state index in [1.54, 1.807) is 0 Å². The van der Waals surface area contributed by atoms with Gasteiger partial charge in [0.15, 0.2) is 11.6 Å². The van der Waals surface area contributed by atoms with Crippen molar-refractivity contribution in [2.75, 3.05) is 12.4 Å². The molecule has 0 aliphatic rings. The van der Waals surface area contributed by atoms with E-state index in [0.29, 0.717) is 12.8 Å². The van der Waals surface area contributed by atoms with Crippen molar-refractivity contribution in [3.63, 3.8) is 0 Å². The second-order valence-corrected chi connectivity index (χ2v) is 6.27. The fraction of sp³-hybridized carbons (Fsp3) is 0.400. The van der Waals surface area contributed by atoms with Crippen molar-refractivity contribution < 1.29 is 21.9 Å². The number of halogens is 3. The van der Waals surface area contributed by atoms with E-state index in [2.05, 4.69) is 0 Å². The van der Waals surface area contributed by atoms with Crippen molar-refractivity contribution in [2.24, 2.45) is 0 Å². The van der Waals surface area contributed by atoms with Crippen LogP contribution >= 0.6 is 10.7 Å². The Labute approximate surface area is 103 Å². The number of ether oxygens (including phenoxy) is 1. The van der Waals surface area contributed by atoms with E-state index in [9.17, 15) is 17.2 Å². The molecule has 1 aromatic rings. The third-order valence-corrected chi connectivity index (χ3v) is 3.17. The summed E-state index contributed by atoms with van der Waals surface area (Å²) in [6.07, 6.45) is 0.699. The van der Waals surface area contributed by atoms with Crippen LogP contribution in [0.5, 0.6) is 5.75 Å². The van der Waals surface area contributed by atoms with Gasteiger partial charge in [0.2, 0.25) is 9.05 Å². The van der Waals surface area contributed by atoms with Crippen LogP contribution in [0.15, 0.2) is 18.2 Å². The summed E-state index contributed by atoms with van der Waals surface area (Å²) >= 11 is 0. The fourth-order valence-corrected chi connectivity index (χ4v) is 2.02. The predicted molar refractivity (Wildman–Crippen MR) is 60.7 cm³/mol. The molecule has 1 aromatic carbocycles. The molecule has 0 fully saturated rings. The summed E-state index contributed by atoms with van der Waals surface area (Å²) in [6.45, 7) is 0.104. The van der Waals surface area contributed by atoms with Gasteiger partial charge in [0.25, 0.3) is 0 Å². The van der Waals surface area contributed by atoms with Crippen molar-refractivity contribution in [1.29, 1.82) is 0 Å². The average Bonchev–Trinajstić information content (AvgIpc) is 2.21. The van der Waals surface area contributed by atoms with Crippen LogP contribution in [0.1, 0.15) is 12.8 Å². The van der Waals surface area contributed by atoms with E-state index in [0.717, 1.165) is 18.2 Å². The molecule has 0 amide bonds. The lowest BCUT2D eigenvalue weighted by Gasteiger charge is -2.06. The van der Waals surface area contributed by atoms with E-state index in [-0.39, 0.29) is 18.1 Å². The van der Waals surface area contributed by atoms with Gasteiger partial charge in [-0.2, -0.15) is 0 Å². The first-order valence-electron chi connectivity index (χ1n) is 4.89. The van der Waals surface area contributed by atoms with E-state index in [1.807, 2.05) is 0 Å². The Morgan fingerprint density at radius 1 is 1.24 bits per heavy atom. The van der Waals surface area contributed by atoms with Gasteiger partial charge in [-0.25, -0.2) is 17.2 Å². The van der Waals surface area contributed by atoms with E-state index < -0.39 is 20.7 Å². The minimum absolute atomic E-state index is 0.104. The maximum atomic E-state index is 13.1. The molecule has 7 heteroatoms. The molecule has 0 bridgehead atoms. The van der Waals surface area contributed by atoms with Crippen molar-refractivity contribution in [3.05, 3.63) is 29.8 Å². The molecule has 3 nitrogen and oxygen atoms in total. The molecule has 0 unspecified atom stereocenters. The topological polar surface area (TPSA) is 43.4 Å². The van der Waals surface area contributed by atoms with Gasteiger partial charge in [0.05, 0.1) is 12.4 Å². The van der Waals surface area contributed by atoms with Crippen LogP contribution in [0.2, 0.25) is 0 Å². The SMILES string of the molecule is O=S(=O)(Cl)CCCCOc1cc(F)ccc1F. The maximum absolute atomic E-state index is 13.1. The molecule has 0 spiro atoms. The first-order chi connectivity index (χ1) is 7.88. The number of benzene rings is 1. The van der Waals surface area contributed by atoms with Crippen molar-refractivity contribution in [1.82, 2.24) is 0 Å². The summed E-state index contributed by atoms with van der Waals surface area (Å²) in [5, 5.41) is 0. The molecule has 0 atom stereocenters. The van der Waals surface area contributed by atoms with Crippen LogP contribution in [-0.4, -0.2) is 20.8 Å². The summed E-state index contributed by atoms with van der Waals surface area (Å²) < 4.78 is 51.9. The highest BCUT2D eigenvalue weighted by Gasteiger charge is 2.06. The summed E-state index contributed by atoms with van der Waals surface area (Å²) in [5.74, 6) is -1.59. The van der Waals surface area contributed by atoms with Crippen molar-refractivity contribution in [3.8, 4) is 5.75 Å². The maximum Gasteiger partial charge on any atom is 0.232 e. The van der Waals surface area contributed by atoms with Crippen LogP contribution in [-0.2, 0) is 9.05 Å². The monoisotopic (exact) mass is 284 g/mol. The van der Waals surface area contributed by atoms with Gasteiger partial charge in [0.1, 0.15) is 5.82 Å². The highest BCUT2D eigenvalue weighted by molar-refractivity contribution is 8.13. The van der Waals surface area contributed by atoms with Gasteiger partial charge < -0.3 is 4.74 Å². The van der Waals surface area contributed by atoms with E-state index in [1.165, 1.54) is 0 Å². The third kappa shape index (κ3) is 5.83. The number of hydrogen-bond acceptors (Lipinski definition) is 3. The van der Waals surface area contributed by atoms with Crippen molar-refractivity contribution >= 4 is 19.7 Å². The van der Waals surface area contributed by atoms with Crippen LogP contribution in [0, 0.1) is 11.6 Å². The van der Waals surface area contributed by atoms with E-state index >= 15 is 0 Å². The lowest BCUT2D eigenvalue weighted by Crippen LogP contribution is -2.03. The van der Waals surface area contributed by atoms with Crippen LogP contribution in [0.3, 0.4) is 0 Å². The number of rotatable bonds is 6. The second-order valence-electron chi connectivity index (χ2n) is 3.37. The molecule has 17 heavy (non-hydrogen) atoms. The molecular weight excluding hydrogens is 274 g/mol. The number of hydrogen-bond donors (Lipinski definition) is 0. The molecule has 0 aliphatic carbocycles. The molecule has 0 aromatic heterocycles. The average molecular weight is 285 g/mol. The van der Waals surface area contributed by atoms with E-state index in [4.69, 9.17) is 15.4 Å². The molecule has 0 saturated carbocycles. The van der Waals surface area contributed by atoms with Crippen molar-refractivity contribution in [2.45, 2.75) is 12.8 Å². The second kappa shape index (κ2) is 6.16. The molecule has 0 radical (unpaired) electrons. The molecule has 0 saturated heterocycles. The fourth-order valence-electron chi connectivity index (χ4n) is 1.15. The normalized spacial score (nSPS) is 11.5. The van der Waals surface area contributed by atoms with Gasteiger partial charge in [-0.15, -0.1) is 0 Å². The Morgan fingerprint density at radius 2 is 1.94 bits per heavy atom. The van der Waals surface area contributed by atoms with Gasteiger partial charge >= 0.3 is 0 Å². The Morgan fingerprint density at radius 3 is 2.59 bits per heavy atom. The first-order valence-corrected chi connectivity index (χ1v) is 7.36. The van der Waals surface area contributed by atoms with Crippen LogP contribution in [0.25, 0.3) is 0 Å². The Kier molecular flexibility index (Phi) is 5.14. The quantitative estimate of drug-likeness (QED) is 0.596. The largest absolute Gasteiger partial charge is 0.490 e. The predicted octanol–water partition coefficient (Wildman–Crippen LogP) is 2.69. The highest BCUT2D eigenvalue weighted by Crippen LogP contribution is 2.18. The zero-order valence-electron chi connectivity index (χ0n) is 8.83. The van der Waals surface area contributed by atoms with Gasteiger partial charge in [-0.05, 0) is 25.0 Å². The molecule has 1 rings (SSSR count). The first kappa shape index (κ1) is 14.2. The lowest BCUT2D eigenvalue weighted by molar-refractivity contribution is 0.292. The smallest absolute Gasteiger partial charge is 0.232 e. The molecule has 96 valence electrons. The minimum Gasteiger partial charge on any atom is -0.490 e. The molecule has 0 aliphatic heterocycles.